The Morgan fingerprint density at radius 2 is 2.27 bits per heavy atom. The summed E-state index contributed by atoms with van der Waals surface area (Å²) in [6.07, 6.45) is -2.78. The molecule has 0 bridgehead atoms. The fourth-order valence-electron chi connectivity index (χ4n) is 1.04. The highest BCUT2D eigenvalue weighted by Gasteiger charge is 2.12. The molecule has 0 aliphatic heterocycles. The number of aliphatic hydroxyl groups is 1. The number of hydrogen-bond donors (Lipinski definition) is 1. The lowest BCUT2D eigenvalue weighted by atomic mass is 10.2. The number of thiophene rings is 1. The third kappa shape index (κ3) is 4.55. The summed E-state index contributed by atoms with van der Waals surface area (Å²) in [7, 11) is 0. The van der Waals surface area contributed by atoms with E-state index >= 15 is 0 Å². The quantitative estimate of drug-likeness (QED) is 0.818. The minimum atomic E-state index is -2.45. The van der Waals surface area contributed by atoms with Crippen LogP contribution in [0.25, 0.3) is 0 Å². The van der Waals surface area contributed by atoms with Gasteiger partial charge in [-0.15, -0.1) is 11.3 Å². The number of halogens is 3. The van der Waals surface area contributed by atoms with E-state index < -0.39 is 19.1 Å². The van der Waals surface area contributed by atoms with Crippen molar-refractivity contribution in [3.63, 3.8) is 0 Å². The van der Waals surface area contributed by atoms with Crippen molar-refractivity contribution in [2.24, 2.45) is 0 Å². The van der Waals surface area contributed by atoms with Gasteiger partial charge >= 0.3 is 0 Å². The van der Waals surface area contributed by atoms with E-state index in [1.165, 1.54) is 11.3 Å². The largest absolute Gasteiger partial charge is 0.387 e. The maximum Gasteiger partial charge on any atom is 0.261 e. The minimum absolute atomic E-state index is 0.135. The molecule has 1 heterocycles. The maximum atomic E-state index is 11.7. The summed E-state index contributed by atoms with van der Waals surface area (Å²) in [5.41, 5.74) is 0. The van der Waals surface area contributed by atoms with Gasteiger partial charge in [-0.05, 0) is 27.4 Å². The Bertz CT molecular complexity index is 293. The molecule has 1 aromatic rings. The van der Waals surface area contributed by atoms with Crippen LogP contribution >= 0.6 is 27.3 Å². The highest BCUT2D eigenvalue weighted by Crippen LogP contribution is 2.30. The molecule has 86 valence electrons. The molecule has 15 heavy (non-hydrogen) atoms. The zero-order valence-corrected chi connectivity index (χ0v) is 10.2. The highest BCUT2D eigenvalue weighted by molar-refractivity contribution is 9.10. The van der Waals surface area contributed by atoms with E-state index in [0.717, 1.165) is 9.35 Å². The number of ether oxygens (including phenoxy) is 1. The standard InChI is InChI=1S/C9H11BrF2O2S/c10-6-2-4-15-9(6)7(13)1-3-14-5-8(11)12/h2,4,7-8,13H,1,3,5H2. The summed E-state index contributed by atoms with van der Waals surface area (Å²) in [6.45, 7) is -0.436. The van der Waals surface area contributed by atoms with Crippen LogP contribution in [0, 0.1) is 0 Å². The van der Waals surface area contributed by atoms with Gasteiger partial charge in [0, 0.05) is 22.4 Å². The van der Waals surface area contributed by atoms with E-state index in [-0.39, 0.29) is 6.61 Å². The van der Waals surface area contributed by atoms with E-state index in [1.54, 1.807) is 0 Å². The summed E-state index contributed by atoms with van der Waals surface area (Å²) in [6, 6.07) is 1.84. The van der Waals surface area contributed by atoms with Gasteiger partial charge in [-0.2, -0.15) is 0 Å². The Hall–Kier alpha value is -0.0400. The van der Waals surface area contributed by atoms with Crippen molar-refractivity contribution in [1.82, 2.24) is 0 Å². The molecule has 0 saturated heterocycles. The average Bonchev–Trinajstić information content (AvgIpc) is 2.58. The first kappa shape index (κ1) is 13.0. The lowest BCUT2D eigenvalue weighted by molar-refractivity contribution is 0.00509. The molecule has 1 N–H and O–H groups in total. The van der Waals surface area contributed by atoms with Gasteiger partial charge in [0.2, 0.25) is 0 Å². The van der Waals surface area contributed by atoms with Gasteiger partial charge in [-0.25, -0.2) is 8.78 Å². The van der Waals surface area contributed by atoms with Gasteiger partial charge in [0.15, 0.2) is 0 Å². The molecule has 2 nitrogen and oxygen atoms in total. The van der Waals surface area contributed by atoms with Crippen LogP contribution in [0.4, 0.5) is 8.78 Å². The zero-order valence-electron chi connectivity index (χ0n) is 7.83. The molecule has 1 rings (SSSR count). The van der Waals surface area contributed by atoms with Crippen LogP contribution in [-0.2, 0) is 4.74 Å². The van der Waals surface area contributed by atoms with Crippen molar-refractivity contribution in [3.05, 3.63) is 20.8 Å². The van der Waals surface area contributed by atoms with Crippen molar-refractivity contribution in [3.8, 4) is 0 Å². The predicted molar refractivity (Wildman–Crippen MR) is 58.4 cm³/mol. The van der Waals surface area contributed by atoms with Gasteiger partial charge in [0.1, 0.15) is 6.61 Å². The molecule has 1 aromatic heterocycles. The lowest BCUT2D eigenvalue weighted by Gasteiger charge is -2.09. The fraction of sp³-hybridized carbons (Fsp3) is 0.556. The number of alkyl halides is 2. The Morgan fingerprint density at radius 1 is 1.53 bits per heavy atom. The molecule has 0 aromatic carbocycles. The summed E-state index contributed by atoms with van der Waals surface area (Å²) in [4.78, 5) is 0.802. The van der Waals surface area contributed by atoms with Crippen LogP contribution in [0.5, 0.6) is 0 Å². The number of rotatable bonds is 6. The molecule has 1 unspecified atom stereocenters. The second kappa shape index (κ2) is 6.52. The first-order valence-electron chi connectivity index (χ1n) is 4.38. The Kier molecular flexibility index (Phi) is 5.66. The van der Waals surface area contributed by atoms with E-state index in [1.807, 2.05) is 11.4 Å². The molecular formula is C9H11BrF2O2S. The molecule has 0 aliphatic rings. The van der Waals surface area contributed by atoms with Crippen LogP contribution in [0.3, 0.4) is 0 Å². The van der Waals surface area contributed by atoms with Crippen LogP contribution in [0.2, 0.25) is 0 Å². The highest BCUT2D eigenvalue weighted by atomic mass is 79.9. The van der Waals surface area contributed by atoms with E-state index in [0.29, 0.717) is 6.42 Å². The third-order valence-corrected chi connectivity index (χ3v) is 3.70. The molecule has 1 atom stereocenters. The topological polar surface area (TPSA) is 29.5 Å². The fourth-order valence-corrected chi connectivity index (χ4v) is 2.70. The van der Waals surface area contributed by atoms with Crippen molar-refractivity contribution in [2.75, 3.05) is 13.2 Å². The Morgan fingerprint density at radius 3 is 2.80 bits per heavy atom. The van der Waals surface area contributed by atoms with Crippen LogP contribution in [0.15, 0.2) is 15.9 Å². The van der Waals surface area contributed by atoms with E-state index in [4.69, 9.17) is 0 Å². The summed E-state index contributed by atoms with van der Waals surface area (Å²) in [5.74, 6) is 0. The van der Waals surface area contributed by atoms with Gasteiger partial charge in [0.05, 0.1) is 6.10 Å². The normalized spacial score (nSPS) is 13.4. The number of hydrogen-bond acceptors (Lipinski definition) is 3. The number of aliphatic hydroxyl groups excluding tert-OH is 1. The Labute approximate surface area is 99.0 Å². The Balaban J connectivity index is 2.25. The van der Waals surface area contributed by atoms with Gasteiger partial charge < -0.3 is 9.84 Å². The third-order valence-electron chi connectivity index (χ3n) is 1.73. The average molecular weight is 301 g/mol. The first-order valence-corrected chi connectivity index (χ1v) is 6.05. The molecule has 0 fully saturated rings. The summed E-state index contributed by atoms with van der Waals surface area (Å²) >= 11 is 4.71. The first-order chi connectivity index (χ1) is 7.11. The second-order valence-electron chi connectivity index (χ2n) is 2.90. The molecule has 0 saturated carbocycles. The van der Waals surface area contributed by atoms with Crippen molar-refractivity contribution in [1.29, 1.82) is 0 Å². The van der Waals surface area contributed by atoms with Crippen LogP contribution in [0.1, 0.15) is 17.4 Å². The van der Waals surface area contributed by atoms with Crippen LogP contribution in [-0.4, -0.2) is 24.7 Å². The second-order valence-corrected chi connectivity index (χ2v) is 4.71. The summed E-state index contributed by atoms with van der Waals surface area (Å²) < 4.78 is 28.9. The minimum Gasteiger partial charge on any atom is -0.387 e. The molecule has 0 radical (unpaired) electrons. The molecule has 0 spiro atoms. The van der Waals surface area contributed by atoms with E-state index in [2.05, 4.69) is 20.7 Å². The molecular weight excluding hydrogens is 290 g/mol. The van der Waals surface area contributed by atoms with Gasteiger partial charge in [-0.1, -0.05) is 0 Å². The summed E-state index contributed by atoms with van der Waals surface area (Å²) in [5, 5.41) is 11.5. The van der Waals surface area contributed by atoms with Gasteiger partial charge in [0.25, 0.3) is 6.43 Å². The van der Waals surface area contributed by atoms with Crippen molar-refractivity contribution < 1.29 is 18.6 Å². The molecule has 6 heteroatoms. The smallest absolute Gasteiger partial charge is 0.261 e. The SMILES string of the molecule is OC(CCOCC(F)F)c1sccc1Br. The van der Waals surface area contributed by atoms with Crippen LogP contribution < -0.4 is 0 Å². The molecule has 0 amide bonds. The monoisotopic (exact) mass is 300 g/mol. The van der Waals surface area contributed by atoms with E-state index in [9.17, 15) is 13.9 Å². The predicted octanol–water partition coefficient (Wildman–Crippen LogP) is 3.22. The van der Waals surface area contributed by atoms with Gasteiger partial charge in [-0.3, -0.25) is 0 Å². The zero-order chi connectivity index (χ0) is 11.3. The van der Waals surface area contributed by atoms with Crippen molar-refractivity contribution in [2.45, 2.75) is 19.0 Å². The molecule has 0 aliphatic carbocycles. The van der Waals surface area contributed by atoms with Crippen molar-refractivity contribution >= 4 is 27.3 Å². The maximum absolute atomic E-state index is 11.7. The lowest BCUT2D eigenvalue weighted by Crippen LogP contribution is -2.08.